The van der Waals surface area contributed by atoms with Crippen LogP contribution in [0.5, 0.6) is 0 Å². The fourth-order valence-electron chi connectivity index (χ4n) is 1.46. The Morgan fingerprint density at radius 1 is 1.33 bits per heavy atom. The quantitative estimate of drug-likeness (QED) is 0.701. The summed E-state index contributed by atoms with van der Waals surface area (Å²) in [5.74, 6) is 1.60. The van der Waals surface area contributed by atoms with E-state index in [2.05, 4.69) is 16.0 Å². The standard InChI is InChI=1S/C11H10N4/c1-8-5-10(7-12)6-11(14-8)15-4-3-13-9(15)2/h3-6H,1-2H3. The van der Waals surface area contributed by atoms with E-state index in [1.165, 1.54) is 0 Å². The Morgan fingerprint density at radius 2 is 2.13 bits per heavy atom. The number of nitriles is 1. The molecule has 0 atom stereocenters. The van der Waals surface area contributed by atoms with Gasteiger partial charge in [-0.05, 0) is 26.0 Å². The number of aryl methyl sites for hydroxylation is 2. The summed E-state index contributed by atoms with van der Waals surface area (Å²) in [6, 6.07) is 5.63. The normalized spacial score (nSPS) is 9.93. The highest BCUT2D eigenvalue weighted by molar-refractivity contribution is 5.38. The van der Waals surface area contributed by atoms with Gasteiger partial charge in [0.1, 0.15) is 11.6 Å². The lowest BCUT2D eigenvalue weighted by Crippen LogP contribution is -2.00. The lowest BCUT2D eigenvalue weighted by atomic mass is 10.2. The van der Waals surface area contributed by atoms with Crippen molar-refractivity contribution in [2.24, 2.45) is 0 Å². The number of rotatable bonds is 1. The third kappa shape index (κ3) is 1.72. The molecule has 0 aromatic carbocycles. The van der Waals surface area contributed by atoms with Gasteiger partial charge in [0.15, 0.2) is 0 Å². The molecule has 2 aromatic heterocycles. The van der Waals surface area contributed by atoms with Gasteiger partial charge in [0.25, 0.3) is 0 Å². The van der Waals surface area contributed by atoms with E-state index in [0.29, 0.717) is 5.56 Å². The first-order chi connectivity index (χ1) is 7.20. The highest BCUT2D eigenvalue weighted by Crippen LogP contribution is 2.11. The summed E-state index contributed by atoms with van der Waals surface area (Å²) in [5, 5.41) is 8.85. The predicted molar refractivity (Wildman–Crippen MR) is 55.5 cm³/mol. The topological polar surface area (TPSA) is 54.5 Å². The van der Waals surface area contributed by atoms with Crippen LogP contribution < -0.4 is 0 Å². The van der Waals surface area contributed by atoms with Gasteiger partial charge in [-0.15, -0.1) is 0 Å². The number of hydrogen-bond donors (Lipinski definition) is 0. The SMILES string of the molecule is Cc1cc(C#N)cc(-n2ccnc2C)n1. The number of hydrogen-bond acceptors (Lipinski definition) is 3. The van der Waals surface area contributed by atoms with Gasteiger partial charge in [-0.3, -0.25) is 4.57 Å². The fraction of sp³-hybridized carbons (Fsp3) is 0.182. The van der Waals surface area contributed by atoms with Crippen molar-refractivity contribution in [1.29, 1.82) is 5.26 Å². The van der Waals surface area contributed by atoms with Gasteiger partial charge in [-0.2, -0.15) is 5.26 Å². The summed E-state index contributed by atoms with van der Waals surface area (Å²) >= 11 is 0. The molecule has 0 spiro atoms. The molecular formula is C11H10N4. The molecule has 2 rings (SSSR count). The molecule has 4 nitrogen and oxygen atoms in total. The van der Waals surface area contributed by atoms with Crippen LogP contribution in [0.1, 0.15) is 17.1 Å². The number of nitrogens with zero attached hydrogens (tertiary/aromatic N) is 4. The summed E-state index contributed by atoms with van der Waals surface area (Å²) in [6.07, 6.45) is 3.55. The third-order valence-electron chi connectivity index (χ3n) is 2.14. The molecule has 0 saturated carbocycles. The van der Waals surface area contributed by atoms with Crippen LogP contribution in [0.2, 0.25) is 0 Å². The van der Waals surface area contributed by atoms with Crippen LogP contribution in [0.25, 0.3) is 5.82 Å². The first-order valence-electron chi connectivity index (χ1n) is 4.60. The first-order valence-corrected chi connectivity index (χ1v) is 4.60. The molecule has 2 heterocycles. The molecule has 0 aliphatic heterocycles. The van der Waals surface area contributed by atoms with E-state index >= 15 is 0 Å². The Kier molecular flexibility index (Phi) is 2.22. The van der Waals surface area contributed by atoms with Crippen LogP contribution in [0.3, 0.4) is 0 Å². The summed E-state index contributed by atoms with van der Waals surface area (Å²) in [7, 11) is 0. The van der Waals surface area contributed by atoms with E-state index in [4.69, 9.17) is 5.26 Å². The molecule has 0 aliphatic carbocycles. The zero-order valence-electron chi connectivity index (χ0n) is 8.60. The largest absolute Gasteiger partial charge is 0.288 e. The highest BCUT2D eigenvalue weighted by atomic mass is 15.1. The average Bonchev–Trinajstić information content (AvgIpc) is 2.63. The maximum atomic E-state index is 8.85. The Labute approximate surface area is 87.8 Å². The van der Waals surface area contributed by atoms with E-state index in [1.807, 2.05) is 24.6 Å². The molecule has 0 amide bonds. The molecule has 0 N–H and O–H groups in total. The van der Waals surface area contributed by atoms with Crippen molar-refractivity contribution in [3.63, 3.8) is 0 Å². The molecule has 15 heavy (non-hydrogen) atoms. The number of pyridine rings is 1. The minimum Gasteiger partial charge on any atom is -0.288 e. The van der Waals surface area contributed by atoms with Crippen LogP contribution in [0, 0.1) is 25.2 Å². The van der Waals surface area contributed by atoms with Crippen LogP contribution >= 0.6 is 0 Å². The Bertz CT molecular complexity index is 534. The Hall–Kier alpha value is -2.15. The van der Waals surface area contributed by atoms with Gasteiger partial charge in [0.05, 0.1) is 11.6 Å². The van der Waals surface area contributed by atoms with Crippen molar-refractivity contribution in [2.75, 3.05) is 0 Å². The highest BCUT2D eigenvalue weighted by Gasteiger charge is 2.04. The maximum absolute atomic E-state index is 8.85. The second-order valence-corrected chi connectivity index (χ2v) is 3.31. The molecule has 2 aromatic rings. The van der Waals surface area contributed by atoms with Crippen molar-refractivity contribution in [2.45, 2.75) is 13.8 Å². The van der Waals surface area contributed by atoms with Crippen molar-refractivity contribution >= 4 is 0 Å². The Balaban J connectivity index is 2.59. The van der Waals surface area contributed by atoms with Crippen molar-refractivity contribution < 1.29 is 0 Å². The van der Waals surface area contributed by atoms with E-state index in [0.717, 1.165) is 17.3 Å². The number of aromatic nitrogens is 3. The van der Waals surface area contributed by atoms with Crippen molar-refractivity contribution in [3.8, 4) is 11.9 Å². The summed E-state index contributed by atoms with van der Waals surface area (Å²) < 4.78 is 1.86. The number of imidazole rings is 1. The second kappa shape index (κ2) is 3.54. The molecule has 4 heteroatoms. The minimum absolute atomic E-state index is 0.616. The Morgan fingerprint density at radius 3 is 2.73 bits per heavy atom. The van der Waals surface area contributed by atoms with Crippen LogP contribution in [0.4, 0.5) is 0 Å². The van der Waals surface area contributed by atoms with E-state index in [9.17, 15) is 0 Å². The van der Waals surface area contributed by atoms with Crippen molar-refractivity contribution in [3.05, 3.63) is 41.6 Å². The van der Waals surface area contributed by atoms with Crippen LogP contribution in [-0.4, -0.2) is 14.5 Å². The maximum Gasteiger partial charge on any atom is 0.139 e. The molecule has 0 unspecified atom stereocenters. The summed E-state index contributed by atoms with van der Waals surface area (Å²) in [5.41, 5.74) is 1.45. The molecule has 0 bridgehead atoms. The zero-order chi connectivity index (χ0) is 10.8. The van der Waals surface area contributed by atoms with Gasteiger partial charge < -0.3 is 0 Å². The monoisotopic (exact) mass is 198 g/mol. The summed E-state index contributed by atoms with van der Waals surface area (Å²) in [6.45, 7) is 3.77. The van der Waals surface area contributed by atoms with E-state index in [-0.39, 0.29) is 0 Å². The van der Waals surface area contributed by atoms with Crippen molar-refractivity contribution in [1.82, 2.24) is 14.5 Å². The van der Waals surface area contributed by atoms with E-state index < -0.39 is 0 Å². The van der Waals surface area contributed by atoms with Gasteiger partial charge in [-0.1, -0.05) is 0 Å². The lowest BCUT2D eigenvalue weighted by Gasteiger charge is -2.05. The lowest BCUT2D eigenvalue weighted by molar-refractivity contribution is 0.921. The van der Waals surface area contributed by atoms with E-state index in [1.54, 1.807) is 18.3 Å². The van der Waals surface area contributed by atoms with Gasteiger partial charge in [-0.25, -0.2) is 9.97 Å². The molecule has 0 fully saturated rings. The second-order valence-electron chi connectivity index (χ2n) is 3.31. The molecule has 0 aliphatic rings. The van der Waals surface area contributed by atoms with Crippen LogP contribution in [0.15, 0.2) is 24.5 Å². The minimum atomic E-state index is 0.616. The smallest absolute Gasteiger partial charge is 0.139 e. The van der Waals surface area contributed by atoms with Crippen LogP contribution in [-0.2, 0) is 0 Å². The van der Waals surface area contributed by atoms with Gasteiger partial charge in [0.2, 0.25) is 0 Å². The third-order valence-corrected chi connectivity index (χ3v) is 2.14. The van der Waals surface area contributed by atoms with Gasteiger partial charge in [0, 0.05) is 18.1 Å². The summed E-state index contributed by atoms with van der Waals surface area (Å²) in [4.78, 5) is 8.48. The zero-order valence-corrected chi connectivity index (χ0v) is 8.60. The average molecular weight is 198 g/mol. The predicted octanol–water partition coefficient (Wildman–Crippen LogP) is 1.76. The fourth-order valence-corrected chi connectivity index (χ4v) is 1.46. The van der Waals surface area contributed by atoms with Gasteiger partial charge >= 0.3 is 0 Å². The molecule has 0 radical (unpaired) electrons. The molecule has 0 saturated heterocycles. The first kappa shape index (κ1) is 9.41. The molecule has 74 valence electrons. The molecular weight excluding hydrogens is 188 g/mol.